The van der Waals surface area contributed by atoms with Crippen LogP contribution < -0.4 is 4.74 Å². The zero-order valence-corrected chi connectivity index (χ0v) is 11.9. The quantitative estimate of drug-likeness (QED) is 0.755. The Morgan fingerprint density at radius 3 is 2.39 bits per heavy atom. The summed E-state index contributed by atoms with van der Waals surface area (Å²) in [6, 6.07) is 6.27. The highest BCUT2D eigenvalue weighted by Crippen LogP contribution is 2.16. The Morgan fingerprint density at radius 1 is 1.22 bits per heavy atom. The van der Waals surface area contributed by atoms with Crippen LogP contribution in [0.5, 0.6) is 5.75 Å². The van der Waals surface area contributed by atoms with Gasteiger partial charge in [0.1, 0.15) is 5.75 Å². The van der Waals surface area contributed by atoms with Crippen molar-refractivity contribution in [3.8, 4) is 5.75 Å². The summed E-state index contributed by atoms with van der Waals surface area (Å²) in [6.07, 6.45) is 0.700. The topological polar surface area (TPSA) is 32.7 Å². The van der Waals surface area contributed by atoms with Gasteiger partial charge >= 0.3 is 0 Å². The second-order valence-corrected chi connectivity index (χ2v) is 5.14. The smallest absolute Gasteiger partial charge is 0.119 e. The molecule has 1 aromatic rings. The molecule has 0 fully saturated rings. The zero-order valence-electron chi connectivity index (χ0n) is 11.9. The lowest BCUT2D eigenvalue weighted by molar-refractivity contribution is 0.137. The van der Waals surface area contributed by atoms with Crippen LogP contribution in [0.3, 0.4) is 0 Å². The number of aliphatic hydroxyl groups excluding tert-OH is 1. The van der Waals surface area contributed by atoms with Crippen molar-refractivity contribution >= 4 is 0 Å². The van der Waals surface area contributed by atoms with E-state index in [9.17, 15) is 5.11 Å². The number of hydrogen-bond acceptors (Lipinski definition) is 3. The predicted molar refractivity (Wildman–Crippen MR) is 75.2 cm³/mol. The molecule has 3 nitrogen and oxygen atoms in total. The minimum atomic E-state index is -0.268. The van der Waals surface area contributed by atoms with Gasteiger partial charge < -0.3 is 14.7 Å². The second-order valence-electron chi connectivity index (χ2n) is 5.14. The number of aryl methyl sites for hydroxylation is 2. The van der Waals surface area contributed by atoms with E-state index in [-0.39, 0.29) is 6.10 Å². The Morgan fingerprint density at radius 2 is 1.83 bits per heavy atom. The number of nitrogens with zero attached hydrogens (tertiary/aromatic N) is 1. The summed E-state index contributed by atoms with van der Waals surface area (Å²) in [5.74, 6) is 0.950. The fourth-order valence-electron chi connectivity index (χ4n) is 2.08. The summed E-state index contributed by atoms with van der Waals surface area (Å²) in [5, 5.41) is 9.25. The second kappa shape index (κ2) is 7.39. The van der Waals surface area contributed by atoms with Crippen molar-refractivity contribution in [1.29, 1.82) is 0 Å². The SMILES string of the molecule is Cc1cc(C)cc(OCCCN(C)CC(C)O)c1. The molecule has 0 bridgehead atoms. The Balaban J connectivity index is 2.25. The molecule has 0 saturated heterocycles. The maximum absolute atomic E-state index is 9.25. The van der Waals surface area contributed by atoms with Crippen LogP contribution >= 0.6 is 0 Å². The average Bonchev–Trinajstić information content (AvgIpc) is 2.22. The van der Waals surface area contributed by atoms with E-state index in [0.717, 1.165) is 18.7 Å². The van der Waals surface area contributed by atoms with Crippen molar-refractivity contribution < 1.29 is 9.84 Å². The van der Waals surface area contributed by atoms with Crippen molar-refractivity contribution in [1.82, 2.24) is 4.90 Å². The van der Waals surface area contributed by atoms with Gasteiger partial charge in [-0.2, -0.15) is 0 Å². The van der Waals surface area contributed by atoms with Gasteiger partial charge in [0.25, 0.3) is 0 Å². The van der Waals surface area contributed by atoms with Crippen LogP contribution in [0.15, 0.2) is 18.2 Å². The van der Waals surface area contributed by atoms with E-state index in [1.54, 1.807) is 0 Å². The Hall–Kier alpha value is -1.06. The third-order valence-electron chi connectivity index (χ3n) is 2.72. The summed E-state index contributed by atoms with van der Waals surface area (Å²) in [6.45, 7) is 8.33. The molecule has 0 amide bonds. The molecule has 3 heteroatoms. The Bertz CT molecular complexity index is 343. The van der Waals surface area contributed by atoms with Gasteiger partial charge in [0.15, 0.2) is 0 Å². The van der Waals surface area contributed by atoms with Crippen molar-refractivity contribution in [2.45, 2.75) is 33.3 Å². The van der Waals surface area contributed by atoms with E-state index in [4.69, 9.17) is 4.74 Å². The lowest BCUT2D eigenvalue weighted by atomic mass is 10.1. The van der Waals surface area contributed by atoms with Crippen LogP contribution in [-0.4, -0.2) is 42.9 Å². The molecular weight excluding hydrogens is 226 g/mol. The fourth-order valence-corrected chi connectivity index (χ4v) is 2.08. The molecule has 1 N–H and O–H groups in total. The first kappa shape index (κ1) is 15.0. The first-order valence-corrected chi connectivity index (χ1v) is 6.55. The number of rotatable bonds is 7. The summed E-state index contributed by atoms with van der Waals surface area (Å²) in [4.78, 5) is 2.12. The van der Waals surface area contributed by atoms with E-state index in [0.29, 0.717) is 13.2 Å². The van der Waals surface area contributed by atoms with Gasteiger partial charge in [0, 0.05) is 13.1 Å². The van der Waals surface area contributed by atoms with E-state index in [2.05, 4.69) is 36.9 Å². The van der Waals surface area contributed by atoms with Gasteiger partial charge in [-0.1, -0.05) is 6.07 Å². The Kier molecular flexibility index (Phi) is 6.16. The van der Waals surface area contributed by atoms with E-state index in [1.165, 1.54) is 11.1 Å². The Labute approximate surface area is 110 Å². The van der Waals surface area contributed by atoms with Gasteiger partial charge in [-0.3, -0.25) is 0 Å². The van der Waals surface area contributed by atoms with Crippen molar-refractivity contribution in [3.05, 3.63) is 29.3 Å². The standard InChI is InChI=1S/C15H25NO2/c1-12-8-13(2)10-15(9-12)18-7-5-6-16(4)11-14(3)17/h8-10,14,17H,5-7,11H2,1-4H3. The molecule has 0 radical (unpaired) electrons. The molecule has 0 saturated carbocycles. The van der Waals surface area contributed by atoms with Gasteiger partial charge in [0.2, 0.25) is 0 Å². The predicted octanol–water partition coefficient (Wildman–Crippen LogP) is 2.38. The van der Waals surface area contributed by atoms with E-state index < -0.39 is 0 Å². The lowest BCUT2D eigenvalue weighted by Gasteiger charge is -2.18. The largest absolute Gasteiger partial charge is 0.494 e. The number of likely N-dealkylation sites (N-methyl/N-ethyl adjacent to an activating group) is 1. The normalized spacial score (nSPS) is 12.8. The van der Waals surface area contributed by atoms with Gasteiger partial charge in [-0.05, 0) is 57.5 Å². The van der Waals surface area contributed by atoms with Crippen LogP contribution in [-0.2, 0) is 0 Å². The lowest BCUT2D eigenvalue weighted by Crippen LogP contribution is -2.28. The minimum absolute atomic E-state index is 0.268. The first-order chi connectivity index (χ1) is 8.47. The third kappa shape index (κ3) is 6.03. The molecule has 0 aliphatic rings. The summed E-state index contributed by atoms with van der Waals surface area (Å²) in [7, 11) is 2.02. The molecule has 18 heavy (non-hydrogen) atoms. The molecule has 0 heterocycles. The van der Waals surface area contributed by atoms with Crippen molar-refractivity contribution in [2.75, 3.05) is 26.7 Å². The van der Waals surface area contributed by atoms with Crippen LogP contribution in [0.1, 0.15) is 24.5 Å². The van der Waals surface area contributed by atoms with Crippen molar-refractivity contribution in [2.24, 2.45) is 0 Å². The molecule has 1 atom stereocenters. The highest BCUT2D eigenvalue weighted by Gasteiger charge is 2.02. The number of aliphatic hydroxyl groups is 1. The van der Waals surface area contributed by atoms with E-state index in [1.807, 2.05) is 14.0 Å². The third-order valence-corrected chi connectivity index (χ3v) is 2.72. The molecule has 0 spiro atoms. The zero-order chi connectivity index (χ0) is 13.5. The van der Waals surface area contributed by atoms with Crippen molar-refractivity contribution in [3.63, 3.8) is 0 Å². The van der Waals surface area contributed by atoms with Crippen LogP contribution in [0.25, 0.3) is 0 Å². The fraction of sp³-hybridized carbons (Fsp3) is 0.600. The number of ether oxygens (including phenoxy) is 1. The summed E-state index contributed by atoms with van der Waals surface area (Å²) < 4.78 is 5.73. The monoisotopic (exact) mass is 251 g/mol. The molecular formula is C15H25NO2. The average molecular weight is 251 g/mol. The highest BCUT2D eigenvalue weighted by atomic mass is 16.5. The molecule has 102 valence electrons. The maximum Gasteiger partial charge on any atom is 0.119 e. The van der Waals surface area contributed by atoms with Gasteiger partial charge in [-0.15, -0.1) is 0 Å². The number of hydrogen-bond donors (Lipinski definition) is 1. The summed E-state index contributed by atoms with van der Waals surface area (Å²) in [5.41, 5.74) is 2.47. The maximum atomic E-state index is 9.25. The highest BCUT2D eigenvalue weighted by molar-refractivity contribution is 5.32. The van der Waals surface area contributed by atoms with Crippen LogP contribution in [0, 0.1) is 13.8 Å². The minimum Gasteiger partial charge on any atom is -0.494 e. The molecule has 0 aliphatic carbocycles. The molecule has 1 aromatic carbocycles. The van der Waals surface area contributed by atoms with Gasteiger partial charge in [-0.25, -0.2) is 0 Å². The van der Waals surface area contributed by atoms with Gasteiger partial charge in [0.05, 0.1) is 12.7 Å². The van der Waals surface area contributed by atoms with E-state index >= 15 is 0 Å². The number of benzene rings is 1. The summed E-state index contributed by atoms with van der Waals surface area (Å²) >= 11 is 0. The van der Waals surface area contributed by atoms with Crippen LogP contribution in [0.2, 0.25) is 0 Å². The molecule has 0 aliphatic heterocycles. The van der Waals surface area contributed by atoms with Crippen LogP contribution in [0.4, 0.5) is 0 Å². The molecule has 0 aromatic heterocycles. The molecule has 1 rings (SSSR count). The molecule has 1 unspecified atom stereocenters. The first-order valence-electron chi connectivity index (χ1n) is 6.55.